The van der Waals surface area contributed by atoms with Crippen molar-refractivity contribution in [1.29, 1.82) is 0 Å². The highest BCUT2D eigenvalue weighted by Crippen LogP contribution is 2.38. The molecule has 0 bridgehead atoms. The van der Waals surface area contributed by atoms with Gasteiger partial charge >= 0.3 is 12.0 Å². The Balaban J connectivity index is 1.57. The molecular formula is C20H24ClN3O5. The van der Waals surface area contributed by atoms with Crippen LogP contribution in [-0.4, -0.2) is 46.9 Å². The summed E-state index contributed by atoms with van der Waals surface area (Å²) in [5.74, 6) is -1.76. The largest absolute Gasteiger partial charge is 0.451 e. The van der Waals surface area contributed by atoms with Crippen molar-refractivity contribution in [2.45, 2.75) is 51.2 Å². The van der Waals surface area contributed by atoms with E-state index >= 15 is 0 Å². The van der Waals surface area contributed by atoms with Gasteiger partial charge in [-0.15, -0.1) is 0 Å². The van der Waals surface area contributed by atoms with Crippen molar-refractivity contribution in [3.8, 4) is 0 Å². The first-order chi connectivity index (χ1) is 13.7. The molecule has 29 heavy (non-hydrogen) atoms. The molecule has 1 aromatic carbocycles. The lowest BCUT2D eigenvalue weighted by atomic mass is 9.73. The summed E-state index contributed by atoms with van der Waals surface area (Å²) in [4.78, 5) is 50.5. The fraction of sp³-hybridized carbons (Fsp3) is 0.500. The van der Waals surface area contributed by atoms with E-state index in [1.807, 2.05) is 6.92 Å². The molecule has 0 radical (unpaired) electrons. The second-order valence-corrected chi connectivity index (χ2v) is 8.00. The zero-order valence-electron chi connectivity index (χ0n) is 16.4. The van der Waals surface area contributed by atoms with Crippen LogP contribution in [0.2, 0.25) is 5.02 Å². The third-order valence-corrected chi connectivity index (χ3v) is 5.83. The molecule has 1 aliphatic heterocycles. The van der Waals surface area contributed by atoms with Gasteiger partial charge in [0.15, 0.2) is 6.10 Å². The first kappa shape index (κ1) is 21.1. The summed E-state index contributed by atoms with van der Waals surface area (Å²) in [6.07, 6.45) is 2.16. The molecule has 0 unspecified atom stereocenters. The lowest BCUT2D eigenvalue weighted by molar-refractivity contribution is -0.155. The number of hydrogen-bond donors (Lipinski definition) is 2. The standard InChI is InChI=1S/C20H24ClN3O5/c1-12-5-3-4-10-20(12)18(27)24(19(28)23-20)11-16(25)29-13(2)17(26)22-15-8-6-14(21)7-9-15/h6-9,12-13H,3-5,10-11H2,1-2H3,(H,22,26)(H,23,28)/t12-,13-,20-/m0/s1. The molecule has 1 aromatic rings. The minimum atomic E-state index is -1.10. The number of nitrogens with one attached hydrogen (secondary N) is 2. The summed E-state index contributed by atoms with van der Waals surface area (Å²) in [6, 6.07) is 5.87. The quantitative estimate of drug-likeness (QED) is 0.561. The molecular weight excluding hydrogens is 398 g/mol. The van der Waals surface area contributed by atoms with Crippen molar-refractivity contribution in [2.75, 3.05) is 11.9 Å². The Labute approximate surface area is 173 Å². The van der Waals surface area contributed by atoms with Gasteiger partial charge in [-0.05, 0) is 49.9 Å². The molecule has 1 saturated heterocycles. The fourth-order valence-corrected chi connectivity index (χ4v) is 3.96. The van der Waals surface area contributed by atoms with Gasteiger partial charge in [0.1, 0.15) is 12.1 Å². The van der Waals surface area contributed by atoms with Crippen LogP contribution in [0.1, 0.15) is 39.5 Å². The minimum Gasteiger partial charge on any atom is -0.451 e. The highest BCUT2D eigenvalue weighted by Gasteiger charge is 2.55. The number of nitrogens with zero attached hydrogens (tertiary/aromatic N) is 1. The Morgan fingerprint density at radius 1 is 1.31 bits per heavy atom. The van der Waals surface area contributed by atoms with E-state index in [-0.39, 0.29) is 5.92 Å². The topological polar surface area (TPSA) is 105 Å². The number of carbonyl (C=O) groups excluding carboxylic acids is 4. The van der Waals surface area contributed by atoms with Crippen molar-refractivity contribution in [2.24, 2.45) is 5.92 Å². The zero-order chi connectivity index (χ0) is 21.2. The SMILES string of the molecule is C[C@H](OC(=O)CN1C(=O)N[C@]2(CCCC[C@@H]2C)C1=O)C(=O)Nc1ccc(Cl)cc1. The predicted octanol–water partition coefficient (Wildman–Crippen LogP) is 2.71. The van der Waals surface area contributed by atoms with E-state index in [0.29, 0.717) is 17.1 Å². The summed E-state index contributed by atoms with van der Waals surface area (Å²) in [5.41, 5.74) is -0.433. The number of imide groups is 1. The number of carbonyl (C=O) groups is 4. The van der Waals surface area contributed by atoms with E-state index in [2.05, 4.69) is 10.6 Å². The van der Waals surface area contributed by atoms with E-state index in [1.54, 1.807) is 24.3 Å². The number of halogens is 1. The molecule has 156 valence electrons. The first-order valence-electron chi connectivity index (χ1n) is 9.63. The molecule has 1 spiro atoms. The van der Waals surface area contributed by atoms with Gasteiger partial charge in [0.2, 0.25) is 0 Å². The summed E-state index contributed by atoms with van der Waals surface area (Å²) in [5, 5.41) is 5.91. The number of anilines is 1. The molecule has 2 aliphatic rings. The van der Waals surface area contributed by atoms with Crippen LogP contribution in [0.25, 0.3) is 0 Å². The zero-order valence-corrected chi connectivity index (χ0v) is 17.1. The summed E-state index contributed by atoms with van der Waals surface area (Å²) < 4.78 is 5.12. The Hall–Kier alpha value is -2.61. The predicted molar refractivity (Wildman–Crippen MR) is 106 cm³/mol. The van der Waals surface area contributed by atoms with Crippen LogP contribution >= 0.6 is 11.6 Å². The smallest absolute Gasteiger partial charge is 0.327 e. The van der Waals surface area contributed by atoms with Crippen LogP contribution in [0, 0.1) is 5.92 Å². The normalized spacial score (nSPS) is 24.9. The van der Waals surface area contributed by atoms with Gasteiger partial charge in [-0.1, -0.05) is 31.4 Å². The molecule has 4 amide bonds. The Morgan fingerprint density at radius 2 is 2.00 bits per heavy atom. The maximum Gasteiger partial charge on any atom is 0.327 e. The van der Waals surface area contributed by atoms with Crippen molar-refractivity contribution < 1.29 is 23.9 Å². The average molecular weight is 422 g/mol. The molecule has 1 aliphatic carbocycles. The van der Waals surface area contributed by atoms with Gasteiger partial charge in [-0.2, -0.15) is 0 Å². The van der Waals surface area contributed by atoms with Crippen LogP contribution in [0.15, 0.2) is 24.3 Å². The second kappa shape index (κ2) is 8.41. The lowest BCUT2D eigenvalue weighted by Gasteiger charge is -2.36. The third kappa shape index (κ3) is 4.37. The number of benzene rings is 1. The van der Waals surface area contributed by atoms with Crippen LogP contribution in [0.5, 0.6) is 0 Å². The Kier molecular flexibility index (Phi) is 6.12. The van der Waals surface area contributed by atoms with Crippen molar-refractivity contribution in [1.82, 2.24) is 10.2 Å². The van der Waals surface area contributed by atoms with E-state index in [0.717, 1.165) is 24.2 Å². The molecule has 3 rings (SSSR count). The van der Waals surface area contributed by atoms with Crippen molar-refractivity contribution in [3.63, 3.8) is 0 Å². The highest BCUT2D eigenvalue weighted by molar-refractivity contribution is 6.30. The van der Waals surface area contributed by atoms with Crippen molar-refractivity contribution >= 4 is 41.1 Å². The number of rotatable bonds is 5. The Bertz CT molecular complexity index is 828. The molecule has 3 atom stereocenters. The number of amides is 4. The molecule has 9 heteroatoms. The summed E-state index contributed by atoms with van der Waals surface area (Å²) >= 11 is 5.80. The fourth-order valence-electron chi connectivity index (χ4n) is 3.83. The second-order valence-electron chi connectivity index (χ2n) is 7.57. The minimum absolute atomic E-state index is 0.00204. The van der Waals surface area contributed by atoms with Crippen LogP contribution < -0.4 is 10.6 Å². The van der Waals surface area contributed by atoms with E-state index in [9.17, 15) is 19.2 Å². The monoisotopic (exact) mass is 421 g/mol. The average Bonchev–Trinajstić information content (AvgIpc) is 2.91. The van der Waals surface area contributed by atoms with Crippen LogP contribution in [0.3, 0.4) is 0 Å². The van der Waals surface area contributed by atoms with Gasteiger partial charge in [0.25, 0.3) is 11.8 Å². The van der Waals surface area contributed by atoms with E-state index in [1.165, 1.54) is 6.92 Å². The highest BCUT2D eigenvalue weighted by atomic mass is 35.5. The molecule has 1 saturated carbocycles. The number of ether oxygens (including phenoxy) is 1. The van der Waals surface area contributed by atoms with E-state index < -0.39 is 42.0 Å². The number of hydrogen-bond acceptors (Lipinski definition) is 5. The molecule has 1 heterocycles. The van der Waals surface area contributed by atoms with Gasteiger partial charge < -0.3 is 15.4 Å². The molecule has 0 aromatic heterocycles. The molecule has 2 fully saturated rings. The molecule has 8 nitrogen and oxygen atoms in total. The van der Waals surface area contributed by atoms with Crippen molar-refractivity contribution in [3.05, 3.63) is 29.3 Å². The Morgan fingerprint density at radius 3 is 2.66 bits per heavy atom. The lowest BCUT2D eigenvalue weighted by Crippen LogP contribution is -2.54. The van der Waals surface area contributed by atoms with Gasteiger partial charge in [0, 0.05) is 10.7 Å². The maximum absolute atomic E-state index is 12.9. The first-order valence-corrected chi connectivity index (χ1v) is 10.0. The summed E-state index contributed by atoms with van der Waals surface area (Å²) in [6.45, 7) is 2.82. The number of urea groups is 1. The van der Waals surface area contributed by atoms with Crippen LogP contribution in [0.4, 0.5) is 10.5 Å². The van der Waals surface area contributed by atoms with Gasteiger partial charge in [-0.3, -0.25) is 19.3 Å². The number of esters is 1. The van der Waals surface area contributed by atoms with E-state index in [4.69, 9.17) is 16.3 Å². The molecule has 2 N–H and O–H groups in total. The maximum atomic E-state index is 12.9. The van der Waals surface area contributed by atoms with Crippen LogP contribution in [-0.2, 0) is 19.1 Å². The third-order valence-electron chi connectivity index (χ3n) is 5.58. The van der Waals surface area contributed by atoms with Gasteiger partial charge in [0.05, 0.1) is 0 Å². The van der Waals surface area contributed by atoms with Gasteiger partial charge in [-0.25, -0.2) is 4.79 Å². The summed E-state index contributed by atoms with van der Waals surface area (Å²) in [7, 11) is 0.